The molecule has 2 aliphatic rings. The smallest absolute Gasteiger partial charge is 0.325 e. The number of esters is 5. The lowest BCUT2D eigenvalue weighted by molar-refractivity contribution is -0.151. The predicted octanol–water partition coefficient (Wildman–Crippen LogP) is -2.98. The van der Waals surface area contributed by atoms with Crippen molar-refractivity contribution in [3.05, 3.63) is 0 Å². The molecule has 22 heteroatoms. The summed E-state index contributed by atoms with van der Waals surface area (Å²) < 4.78 is 21.6. The van der Waals surface area contributed by atoms with Crippen molar-refractivity contribution in [1.82, 2.24) is 16.0 Å². The fraction of sp³-hybridized carbons (Fsp3) is 0.577. The highest BCUT2D eigenvalue weighted by Gasteiger charge is 2.39. The van der Waals surface area contributed by atoms with Gasteiger partial charge in [-0.2, -0.15) is 0 Å². The average molecular weight is 736 g/mol. The van der Waals surface area contributed by atoms with Crippen molar-refractivity contribution in [2.75, 3.05) is 60.7 Å². The Morgan fingerprint density at radius 1 is 0.792 bits per heavy atom. The Kier molecular flexibility index (Phi) is 32.3. The number of carbonyl (C=O) groups is 11. The number of carbonyl (C=O) groups excluding carboxylic acids is 11. The summed E-state index contributed by atoms with van der Waals surface area (Å²) >= 11 is 4.81. The van der Waals surface area contributed by atoms with Gasteiger partial charge in [0.1, 0.15) is 19.4 Å². The van der Waals surface area contributed by atoms with E-state index in [1.54, 1.807) is 13.8 Å². The average Bonchev–Trinajstić information content (AvgIpc) is 3.58. The normalized spacial score (nSPS) is 13.4. The zero-order chi connectivity index (χ0) is 36.9. The SMILES string of the molecule is CCOC(=O)CN.CCOC(=O)CNC(=O)CC(=O)OC.COC(=O)C1C(=O)CNC1=O.COC(=O)CC(=O)Cl.Cl.O=C1CNC(=O)C1. The van der Waals surface area contributed by atoms with Crippen molar-refractivity contribution in [2.45, 2.75) is 33.1 Å². The summed E-state index contributed by atoms with van der Waals surface area (Å²) in [7, 11) is 3.52. The topological polar surface area (TPSA) is 296 Å². The molecule has 48 heavy (non-hydrogen) atoms. The molecule has 0 aromatic heterocycles. The quantitative estimate of drug-likeness (QED) is 0.0753. The summed E-state index contributed by atoms with van der Waals surface area (Å²) in [6.45, 7) is 3.98. The number of hydrogen-bond donors (Lipinski definition) is 4. The second-order valence-electron chi connectivity index (χ2n) is 8.08. The number of nitrogens with one attached hydrogen (secondary N) is 3. The largest absolute Gasteiger partial charge is 0.469 e. The Balaban J connectivity index is -0.000000258. The number of ether oxygens (including phenoxy) is 5. The molecule has 1 unspecified atom stereocenters. The summed E-state index contributed by atoms with van der Waals surface area (Å²) in [5.74, 6) is -5.88. The molecular formula is C26H40Cl2N4O16. The number of ketones is 2. The van der Waals surface area contributed by atoms with Crippen LogP contribution in [-0.2, 0) is 76.4 Å². The van der Waals surface area contributed by atoms with Crippen molar-refractivity contribution in [3.8, 4) is 0 Å². The van der Waals surface area contributed by atoms with Crippen LogP contribution in [0, 0.1) is 5.92 Å². The zero-order valence-corrected chi connectivity index (χ0v) is 28.4. The van der Waals surface area contributed by atoms with Crippen LogP contribution in [0.2, 0.25) is 0 Å². The van der Waals surface area contributed by atoms with Crippen molar-refractivity contribution in [1.29, 1.82) is 0 Å². The van der Waals surface area contributed by atoms with Crippen LogP contribution in [0.3, 0.4) is 0 Å². The molecule has 5 N–H and O–H groups in total. The first-order chi connectivity index (χ1) is 22.0. The highest BCUT2D eigenvalue weighted by Crippen LogP contribution is 2.06. The first-order valence-electron chi connectivity index (χ1n) is 13.3. The van der Waals surface area contributed by atoms with Crippen LogP contribution in [-0.4, -0.2) is 125 Å². The summed E-state index contributed by atoms with van der Waals surface area (Å²) in [5, 5.41) is 6.15. The number of amides is 3. The molecule has 1 atom stereocenters. The minimum atomic E-state index is -1.24. The van der Waals surface area contributed by atoms with E-state index in [-0.39, 0.29) is 75.7 Å². The highest BCUT2D eigenvalue weighted by molar-refractivity contribution is 6.64. The number of halogens is 2. The van der Waals surface area contributed by atoms with E-state index in [0.29, 0.717) is 6.61 Å². The molecule has 0 spiro atoms. The molecule has 2 rings (SSSR count). The number of hydrogen-bond acceptors (Lipinski definition) is 17. The van der Waals surface area contributed by atoms with Gasteiger partial charge >= 0.3 is 29.8 Å². The standard InChI is InChI=1S/C8H13NO5.C6H7NO4.C4H5ClO3.C4H5NO2.C4H9NO2.ClH/c1-3-14-8(12)5-9-6(10)4-7(11)13-2;1-11-6(10)4-3(8)2-7-5(4)9;1-8-4(7)2-3(5)6;6-3-1-4(7)5-2-3;1-2-7-4(6)3-5;/h3-5H2,1-2H3,(H,9,10);4H,2H2,1H3,(H,7,9);2H2,1H3;1-2H2,(H,5,7);2-3,5H2,1H3;1H. The van der Waals surface area contributed by atoms with Crippen LogP contribution in [0.4, 0.5) is 0 Å². The number of Topliss-reactive ketones (excluding diaryl/α,β-unsaturated/α-hetero) is 2. The fourth-order valence-electron chi connectivity index (χ4n) is 2.44. The molecule has 0 aromatic rings. The fourth-order valence-corrected chi connectivity index (χ4v) is 2.55. The first-order valence-corrected chi connectivity index (χ1v) is 13.7. The third kappa shape index (κ3) is 28.8. The summed E-state index contributed by atoms with van der Waals surface area (Å²) in [6.07, 6.45) is -0.659. The van der Waals surface area contributed by atoms with Gasteiger partial charge in [0.05, 0.1) is 60.6 Å². The second kappa shape index (κ2) is 30.9. The van der Waals surface area contributed by atoms with Gasteiger partial charge in [-0.1, -0.05) is 0 Å². The molecule has 0 bridgehead atoms. The first kappa shape index (κ1) is 50.2. The van der Waals surface area contributed by atoms with Crippen LogP contribution in [0.25, 0.3) is 0 Å². The molecule has 2 heterocycles. The van der Waals surface area contributed by atoms with E-state index in [1.165, 1.54) is 14.2 Å². The maximum Gasteiger partial charge on any atom is 0.325 e. The van der Waals surface area contributed by atoms with Crippen LogP contribution < -0.4 is 21.7 Å². The Morgan fingerprint density at radius 2 is 1.31 bits per heavy atom. The number of rotatable bonds is 10. The Morgan fingerprint density at radius 3 is 1.60 bits per heavy atom. The molecule has 2 saturated heterocycles. The molecule has 2 fully saturated rings. The van der Waals surface area contributed by atoms with Gasteiger partial charge in [0.25, 0.3) is 0 Å². The van der Waals surface area contributed by atoms with E-state index < -0.39 is 59.1 Å². The maximum absolute atomic E-state index is 10.9. The maximum atomic E-state index is 10.9. The van der Waals surface area contributed by atoms with Gasteiger partial charge in [0.15, 0.2) is 17.5 Å². The van der Waals surface area contributed by atoms with Gasteiger partial charge < -0.3 is 45.4 Å². The predicted molar refractivity (Wildman–Crippen MR) is 163 cm³/mol. The van der Waals surface area contributed by atoms with Crippen LogP contribution in [0.5, 0.6) is 0 Å². The van der Waals surface area contributed by atoms with Gasteiger partial charge in [-0.3, -0.25) is 52.7 Å². The van der Waals surface area contributed by atoms with E-state index in [4.69, 9.17) is 17.3 Å². The third-order valence-electron chi connectivity index (χ3n) is 4.55. The third-order valence-corrected chi connectivity index (χ3v) is 4.68. The lowest BCUT2D eigenvalue weighted by Gasteiger charge is -2.03. The van der Waals surface area contributed by atoms with Crippen molar-refractivity contribution < 1.29 is 76.4 Å². The van der Waals surface area contributed by atoms with Crippen LogP contribution in [0.1, 0.15) is 33.1 Å². The van der Waals surface area contributed by atoms with Gasteiger partial charge in [-0.25, -0.2) is 0 Å². The monoisotopic (exact) mass is 734 g/mol. The second-order valence-corrected chi connectivity index (χ2v) is 8.51. The number of methoxy groups -OCH3 is 3. The molecule has 20 nitrogen and oxygen atoms in total. The van der Waals surface area contributed by atoms with Gasteiger partial charge in [-0.05, 0) is 25.4 Å². The van der Waals surface area contributed by atoms with E-state index in [1.807, 2.05) is 0 Å². The van der Waals surface area contributed by atoms with Gasteiger partial charge in [0.2, 0.25) is 23.0 Å². The van der Waals surface area contributed by atoms with Gasteiger partial charge in [-0.15, -0.1) is 12.4 Å². The zero-order valence-electron chi connectivity index (χ0n) is 26.8. The minimum Gasteiger partial charge on any atom is -0.469 e. The van der Waals surface area contributed by atoms with E-state index in [2.05, 4.69) is 39.6 Å². The molecule has 3 amide bonds. The molecule has 0 saturated carbocycles. The van der Waals surface area contributed by atoms with Gasteiger partial charge in [0, 0.05) is 0 Å². The van der Waals surface area contributed by atoms with Crippen LogP contribution in [0.15, 0.2) is 0 Å². The van der Waals surface area contributed by atoms with Crippen molar-refractivity contribution in [2.24, 2.45) is 11.7 Å². The summed E-state index contributed by atoms with van der Waals surface area (Å²) in [5.41, 5.74) is 4.88. The molecule has 0 radical (unpaired) electrons. The summed E-state index contributed by atoms with van der Waals surface area (Å²) in [6, 6.07) is 0. The summed E-state index contributed by atoms with van der Waals surface area (Å²) in [4.78, 5) is 115. The highest BCUT2D eigenvalue weighted by atomic mass is 35.5. The van der Waals surface area contributed by atoms with Crippen LogP contribution >= 0.6 is 24.0 Å². The van der Waals surface area contributed by atoms with Crippen molar-refractivity contribution >= 4 is 88.4 Å². The van der Waals surface area contributed by atoms with Crippen molar-refractivity contribution in [3.63, 3.8) is 0 Å². The Labute approximate surface area is 286 Å². The molecule has 2 aliphatic heterocycles. The molecule has 274 valence electrons. The Hall–Kier alpha value is -4.69. The van der Waals surface area contributed by atoms with E-state index in [9.17, 15) is 52.7 Å². The molecule has 0 aromatic carbocycles. The number of nitrogens with two attached hydrogens (primary N) is 1. The van der Waals surface area contributed by atoms with E-state index in [0.717, 1.165) is 7.11 Å². The Bertz CT molecular complexity index is 1100. The lowest BCUT2D eigenvalue weighted by atomic mass is 10.1. The minimum absolute atomic E-state index is 0. The van der Waals surface area contributed by atoms with E-state index >= 15 is 0 Å². The molecule has 0 aliphatic carbocycles. The molecular weight excluding hydrogens is 695 g/mol. The lowest BCUT2D eigenvalue weighted by Crippen LogP contribution is -2.32.